The van der Waals surface area contributed by atoms with E-state index in [1.54, 1.807) is 12.1 Å². The van der Waals surface area contributed by atoms with Gasteiger partial charge in [-0.1, -0.05) is 48.0 Å². The van der Waals surface area contributed by atoms with Gasteiger partial charge in [-0.3, -0.25) is 4.57 Å². The Hall–Kier alpha value is -1.08. The zero-order valence-electron chi connectivity index (χ0n) is 9.06. The minimum Gasteiger partial charge on any atom is -0.343 e. The van der Waals surface area contributed by atoms with E-state index in [-0.39, 0.29) is 0 Å². The molecular formula is C13H12ClO2P. The van der Waals surface area contributed by atoms with Crippen LogP contribution in [0.2, 0.25) is 5.02 Å². The quantitative estimate of drug-likeness (QED) is 0.867. The fourth-order valence-corrected chi connectivity index (χ4v) is 2.62. The molecule has 0 aliphatic carbocycles. The van der Waals surface area contributed by atoms with Crippen LogP contribution in [0.3, 0.4) is 0 Å². The van der Waals surface area contributed by atoms with Crippen molar-refractivity contribution in [1.82, 2.24) is 0 Å². The van der Waals surface area contributed by atoms with Crippen molar-refractivity contribution in [1.29, 1.82) is 0 Å². The molecular weight excluding hydrogens is 255 g/mol. The van der Waals surface area contributed by atoms with Crippen LogP contribution in [-0.4, -0.2) is 4.89 Å². The molecule has 1 N–H and O–H groups in total. The zero-order chi connectivity index (χ0) is 12.3. The molecule has 1 unspecified atom stereocenters. The summed E-state index contributed by atoms with van der Waals surface area (Å²) in [5.74, 6) is 0. The highest BCUT2D eigenvalue weighted by Gasteiger charge is 2.08. The van der Waals surface area contributed by atoms with Gasteiger partial charge in [-0.25, -0.2) is 0 Å². The monoisotopic (exact) mass is 266 g/mol. The van der Waals surface area contributed by atoms with Gasteiger partial charge in [0.05, 0.1) is 0 Å². The highest BCUT2D eigenvalue weighted by atomic mass is 35.5. The van der Waals surface area contributed by atoms with Crippen LogP contribution in [0, 0.1) is 0 Å². The zero-order valence-corrected chi connectivity index (χ0v) is 10.8. The van der Waals surface area contributed by atoms with Crippen molar-refractivity contribution in [3.8, 4) is 0 Å². The smallest absolute Gasteiger partial charge is 0.218 e. The molecule has 0 bridgehead atoms. The van der Waals surface area contributed by atoms with Crippen molar-refractivity contribution in [2.24, 2.45) is 0 Å². The number of hydrogen-bond donors (Lipinski definition) is 1. The molecule has 0 aliphatic rings. The third-order valence-corrected chi connectivity index (χ3v) is 3.90. The predicted octanol–water partition coefficient (Wildman–Crippen LogP) is 3.02. The topological polar surface area (TPSA) is 37.3 Å². The molecule has 0 saturated heterocycles. The fourth-order valence-electron chi connectivity index (χ4n) is 1.73. The number of rotatable bonds is 3. The predicted molar refractivity (Wildman–Crippen MR) is 71.6 cm³/mol. The van der Waals surface area contributed by atoms with Crippen molar-refractivity contribution in [3.63, 3.8) is 0 Å². The minimum atomic E-state index is -2.67. The summed E-state index contributed by atoms with van der Waals surface area (Å²) in [5.41, 5.74) is 1.82. The lowest BCUT2D eigenvalue weighted by Crippen LogP contribution is -2.05. The Morgan fingerprint density at radius 2 is 1.59 bits per heavy atom. The molecule has 0 radical (unpaired) electrons. The maximum Gasteiger partial charge on any atom is 0.218 e. The van der Waals surface area contributed by atoms with Crippen LogP contribution in [0.1, 0.15) is 11.1 Å². The molecule has 1 atom stereocenters. The van der Waals surface area contributed by atoms with Gasteiger partial charge in [0.15, 0.2) is 0 Å². The summed E-state index contributed by atoms with van der Waals surface area (Å²) in [6, 6.07) is 14.7. The molecule has 17 heavy (non-hydrogen) atoms. The standard InChI is InChI=1S/C13H12ClO2P/c14-12-7-3-1-5-10(12)9-11-6-2-4-8-13(11)17(15)16/h1-8,17H,9H2,(H,15,16). The molecule has 4 heteroatoms. The third-order valence-electron chi connectivity index (χ3n) is 2.59. The van der Waals surface area contributed by atoms with Crippen molar-refractivity contribution in [2.45, 2.75) is 6.42 Å². The van der Waals surface area contributed by atoms with E-state index in [9.17, 15) is 9.46 Å². The highest BCUT2D eigenvalue weighted by molar-refractivity contribution is 7.47. The molecule has 2 aromatic rings. The Morgan fingerprint density at radius 3 is 2.24 bits per heavy atom. The van der Waals surface area contributed by atoms with Gasteiger partial charge in [-0.15, -0.1) is 0 Å². The summed E-state index contributed by atoms with van der Waals surface area (Å²) in [7, 11) is -2.67. The Morgan fingerprint density at radius 1 is 1.00 bits per heavy atom. The first kappa shape index (κ1) is 12.4. The second-order valence-corrected chi connectivity index (χ2v) is 5.29. The Kier molecular flexibility index (Phi) is 4.01. The Labute approximate surface area is 106 Å². The molecule has 0 heterocycles. The van der Waals surface area contributed by atoms with Crippen LogP contribution in [-0.2, 0) is 11.0 Å². The van der Waals surface area contributed by atoms with Gasteiger partial charge in [0, 0.05) is 10.3 Å². The van der Waals surface area contributed by atoms with Crippen molar-refractivity contribution in [3.05, 3.63) is 64.7 Å². The van der Waals surface area contributed by atoms with Gasteiger partial charge in [-0.05, 0) is 29.7 Å². The maximum absolute atomic E-state index is 11.2. The fraction of sp³-hybridized carbons (Fsp3) is 0.0769. The average Bonchev–Trinajstić information content (AvgIpc) is 2.32. The van der Waals surface area contributed by atoms with Gasteiger partial charge in [-0.2, -0.15) is 0 Å². The summed E-state index contributed by atoms with van der Waals surface area (Å²) >= 11 is 6.07. The van der Waals surface area contributed by atoms with Gasteiger partial charge < -0.3 is 4.89 Å². The van der Waals surface area contributed by atoms with Gasteiger partial charge in [0.25, 0.3) is 0 Å². The lowest BCUT2D eigenvalue weighted by Gasteiger charge is -2.08. The minimum absolute atomic E-state index is 0.511. The van der Waals surface area contributed by atoms with E-state index < -0.39 is 8.03 Å². The van der Waals surface area contributed by atoms with E-state index in [2.05, 4.69) is 0 Å². The number of benzene rings is 2. The molecule has 0 spiro atoms. The molecule has 0 fully saturated rings. The molecule has 0 aliphatic heterocycles. The van der Waals surface area contributed by atoms with Crippen LogP contribution in [0.15, 0.2) is 48.5 Å². The SMILES string of the molecule is O=[PH](O)c1ccccc1Cc1ccccc1Cl. The molecule has 2 aromatic carbocycles. The first-order valence-electron chi connectivity index (χ1n) is 5.23. The van der Waals surface area contributed by atoms with E-state index in [1.165, 1.54) is 0 Å². The molecule has 0 saturated carbocycles. The third kappa shape index (κ3) is 2.98. The first-order valence-corrected chi connectivity index (χ1v) is 6.96. The second-order valence-electron chi connectivity index (χ2n) is 3.73. The molecule has 0 amide bonds. The number of hydrogen-bond acceptors (Lipinski definition) is 1. The lowest BCUT2D eigenvalue weighted by atomic mass is 10.1. The summed E-state index contributed by atoms with van der Waals surface area (Å²) in [6.45, 7) is 0. The van der Waals surface area contributed by atoms with E-state index >= 15 is 0 Å². The van der Waals surface area contributed by atoms with Crippen LogP contribution in [0.4, 0.5) is 0 Å². The Bertz CT molecular complexity index is 555. The van der Waals surface area contributed by atoms with Gasteiger partial charge >= 0.3 is 0 Å². The molecule has 88 valence electrons. The van der Waals surface area contributed by atoms with Gasteiger partial charge in [0.1, 0.15) is 0 Å². The summed E-state index contributed by atoms with van der Waals surface area (Å²) in [5, 5.41) is 1.19. The maximum atomic E-state index is 11.2. The normalized spacial score (nSPS) is 12.4. The van der Waals surface area contributed by atoms with E-state index in [4.69, 9.17) is 11.6 Å². The van der Waals surface area contributed by atoms with Crippen LogP contribution < -0.4 is 5.30 Å². The van der Waals surface area contributed by atoms with Crippen molar-refractivity contribution >= 4 is 24.9 Å². The van der Waals surface area contributed by atoms with E-state index in [1.807, 2.05) is 36.4 Å². The van der Waals surface area contributed by atoms with E-state index in [0.29, 0.717) is 16.7 Å². The lowest BCUT2D eigenvalue weighted by molar-refractivity contribution is 0.513. The largest absolute Gasteiger partial charge is 0.343 e. The molecule has 2 rings (SSSR count). The second kappa shape index (κ2) is 5.50. The summed E-state index contributed by atoms with van der Waals surface area (Å²) < 4.78 is 11.2. The van der Waals surface area contributed by atoms with Crippen molar-refractivity contribution in [2.75, 3.05) is 0 Å². The van der Waals surface area contributed by atoms with Crippen LogP contribution >= 0.6 is 19.6 Å². The Balaban J connectivity index is 2.37. The molecule has 2 nitrogen and oxygen atoms in total. The summed E-state index contributed by atoms with van der Waals surface area (Å²) in [6.07, 6.45) is 0.576. The van der Waals surface area contributed by atoms with E-state index in [0.717, 1.165) is 11.1 Å². The average molecular weight is 267 g/mol. The van der Waals surface area contributed by atoms with Crippen LogP contribution in [0.25, 0.3) is 0 Å². The molecule has 0 aromatic heterocycles. The first-order chi connectivity index (χ1) is 8.18. The van der Waals surface area contributed by atoms with Crippen molar-refractivity contribution < 1.29 is 9.46 Å². The highest BCUT2D eigenvalue weighted by Crippen LogP contribution is 2.22. The van der Waals surface area contributed by atoms with Crippen LogP contribution in [0.5, 0.6) is 0 Å². The number of halogens is 1. The van der Waals surface area contributed by atoms with Gasteiger partial charge in [0.2, 0.25) is 8.03 Å². The summed E-state index contributed by atoms with van der Waals surface area (Å²) in [4.78, 5) is 9.27.